The second-order valence-electron chi connectivity index (χ2n) is 5.93. The highest BCUT2D eigenvalue weighted by Gasteiger charge is 2.32. The lowest BCUT2D eigenvalue weighted by Crippen LogP contribution is -2.34. The summed E-state index contributed by atoms with van der Waals surface area (Å²) in [4.78, 5) is 2.50. The molecule has 1 aromatic heterocycles. The summed E-state index contributed by atoms with van der Waals surface area (Å²) >= 11 is 0. The normalized spacial score (nSPS) is 18.0. The first-order valence-corrected chi connectivity index (χ1v) is 9.15. The van der Waals surface area contributed by atoms with Gasteiger partial charge in [-0.05, 0) is 53.9 Å². The van der Waals surface area contributed by atoms with Crippen LogP contribution in [0.15, 0.2) is 23.1 Å². The smallest absolute Gasteiger partial charge is 0.246 e. The number of anilines is 1. The molecule has 0 amide bonds. The Bertz CT molecular complexity index is 843. The first-order chi connectivity index (χ1) is 11.1. The Morgan fingerprint density at radius 1 is 1.30 bits per heavy atom. The minimum absolute atomic E-state index is 0.374. The van der Waals surface area contributed by atoms with Crippen LogP contribution in [-0.2, 0) is 23.0 Å². The topological polar surface area (TPSA) is 93.0 Å². The van der Waals surface area contributed by atoms with Crippen LogP contribution in [0.5, 0.6) is 0 Å². The molecule has 1 aliphatic carbocycles. The van der Waals surface area contributed by atoms with Crippen LogP contribution in [0.2, 0.25) is 0 Å². The Balaban J connectivity index is 1.68. The molecule has 2 aromatic rings. The van der Waals surface area contributed by atoms with Crippen LogP contribution in [0, 0.1) is 0 Å². The standard InChI is InChI=1S/C14H18N6O2S/c1-15-23(21,22)13-4-2-3-10-9-19(8-7-12(10)13)14-16-17-18-20(14)11-5-6-11/h2-4,11,15H,5-9H2,1H3. The highest BCUT2D eigenvalue weighted by Crippen LogP contribution is 2.37. The Hall–Kier alpha value is -2.00. The van der Waals surface area contributed by atoms with Gasteiger partial charge in [0.25, 0.3) is 0 Å². The van der Waals surface area contributed by atoms with Crippen LogP contribution in [0.1, 0.15) is 30.0 Å². The highest BCUT2D eigenvalue weighted by atomic mass is 32.2. The Kier molecular flexibility index (Phi) is 3.34. The summed E-state index contributed by atoms with van der Waals surface area (Å²) in [6.07, 6.45) is 2.89. The fourth-order valence-corrected chi connectivity index (χ4v) is 4.09. The number of hydrogen-bond acceptors (Lipinski definition) is 6. The molecule has 1 saturated carbocycles. The van der Waals surface area contributed by atoms with Crippen LogP contribution in [-0.4, -0.2) is 42.2 Å². The van der Waals surface area contributed by atoms with Gasteiger partial charge >= 0.3 is 0 Å². The first kappa shape index (κ1) is 14.6. The van der Waals surface area contributed by atoms with Crippen LogP contribution in [0.3, 0.4) is 0 Å². The second-order valence-corrected chi connectivity index (χ2v) is 7.78. The summed E-state index contributed by atoms with van der Waals surface area (Å²) in [5.74, 6) is 0.778. The lowest BCUT2D eigenvalue weighted by atomic mass is 10.00. The van der Waals surface area contributed by atoms with Crippen molar-refractivity contribution in [1.29, 1.82) is 0 Å². The van der Waals surface area contributed by atoms with Crippen LogP contribution in [0.4, 0.5) is 5.95 Å². The van der Waals surface area contributed by atoms with Gasteiger partial charge in [-0.2, -0.15) is 0 Å². The molecule has 2 aliphatic rings. The van der Waals surface area contributed by atoms with Crippen molar-refractivity contribution in [2.45, 2.75) is 36.7 Å². The number of nitrogens with one attached hydrogen (secondary N) is 1. The average Bonchev–Trinajstić information content (AvgIpc) is 3.30. The van der Waals surface area contributed by atoms with Crippen molar-refractivity contribution in [2.24, 2.45) is 0 Å². The van der Waals surface area contributed by atoms with E-state index < -0.39 is 10.0 Å². The largest absolute Gasteiger partial charge is 0.335 e. The van der Waals surface area contributed by atoms with Gasteiger partial charge in [-0.25, -0.2) is 17.8 Å². The van der Waals surface area contributed by atoms with Crippen molar-refractivity contribution in [3.63, 3.8) is 0 Å². The van der Waals surface area contributed by atoms with Gasteiger partial charge in [0.15, 0.2) is 0 Å². The van der Waals surface area contributed by atoms with E-state index >= 15 is 0 Å². The van der Waals surface area contributed by atoms with Gasteiger partial charge < -0.3 is 4.90 Å². The number of hydrogen-bond donors (Lipinski definition) is 1. The van der Waals surface area contributed by atoms with E-state index in [-0.39, 0.29) is 0 Å². The van der Waals surface area contributed by atoms with E-state index in [4.69, 9.17) is 0 Å². The number of fused-ring (bicyclic) bond motifs is 1. The Labute approximate surface area is 134 Å². The van der Waals surface area contributed by atoms with Crippen LogP contribution < -0.4 is 9.62 Å². The molecule has 8 nitrogen and oxygen atoms in total. The number of tetrazole rings is 1. The maximum absolute atomic E-state index is 12.2. The van der Waals surface area contributed by atoms with Gasteiger partial charge in [-0.15, -0.1) is 0 Å². The number of nitrogens with zero attached hydrogens (tertiary/aromatic N) is 5. The average molecular weight is 334 g/mol. The van der Waals surface area contributed by atoms with Gasteiger partial charge in [0.1, 0.15) is 0 Å². The molecule has 1 fully saturated rings. The third-order valence-corrected chi connectivity index (χ3v) is 5.93. The number of rotatable bonds is 4. The van der Waals surface area contributed by atoms with Crippen molar-refractivity contribution in [3.8, 4) is 0 Å². The lowest BCUT2D eigenvalue weighted by Gasteiger charge is -2.30. The minimum Gasteiger partial charge on any atom is -0.335 e. The van der Waals surface area contributed by atoms with Gasteiger partial charge in [0.2, 0.25) is 16.0 Å². The molecule has 0 atom stereocenters. The summed E-state index contributed by atoms with van der Waals surface area (Å²) in [7, 11) is -2.00. The first-order valence-electron chi connectivity index (χ1n) is 7.67. The number of aromatic nitrogens is 4. The monoisotopic (exact) mass is 334 g/mol. The highest BCUT2D eigenvalue weighted by molar-refractivity contribution is 7.89. The molecule has 2 heterocycles. The second kappa shape index (κ2) is 5.27. The molecule has 0 bridgehead atoms. The van der Waals surface area contributed by atoms with E-state index in [0.29, 0.717) is 30.4 Å². The molecule has 1 N–H and O–H groups in total. The van der Waals surface area contributed by atoms with Crippen LogP contribution in [0.25, 0.3) is 0 Å². The summed E-state index contributed by atoms with van der Waals surface area (Å²) in [6, 6.07) is 5.84. The fraction of sp³-hybridized carbons (Fsp3) is 0.500. The SMILES string of the molecule is CNS(=O)(=O)c1cccc2c1CCN(c1nnnn1C1CC1)C2. The van der Waals surface area contributed by atoms with Crippen molar-refractivity contribution >= 4 is 16.0 Å². The molecule has 0 unspecified atom stereocenters. The van der Waals surface area contributed by atoms with Gasteiger partial charge in [-0.3, -0.25) is 0 Å². The number of sulfonamides is 1. The van der Waals surface area contributed by atoms with Gasteiger partial charge in [0.05, 0.1) is 10.9 Å². The predicted octanol–water partition coefficient (Wildman–Crippen LogP) is 0.479. The van der Waals surface area contributed by atoms with E-state index in [1.54, 1.807) is 12.1 Å². The number of benzene rings is 1. The van der Waals surface area contributed by atoms with E-state index in [9.17, 15) is 8.42 Å². The van der Waals surface area contributed by atoms with E-state index in [1.807, 2.05) is 10.7 Å². The third kappa shape index (κ3) is 2.49. The zero-order valence-electron chi connectivity index (χ0n) is 12.8. The van der Waals surface area contributed by atoms with Crippen molar-refractivity contribution in [1.82, 2.24) is 24.9 Å². The predicted molar refractivity (Wildman–Crippen MR) is 83.5 cm³/mol. The fourth-order valence-electron chi connectivity index (χ4n) is 3.06. The Morgan fingerprint density at radius 2 is 2.13 bits per heavy atom. The molecule has 0 radical (unpaired) electrons. The van der Waals surface area contributed by atoms with E-state index in [2.05, 4.69) is 25.1 Å². The van der Waals surface area contributed by atoms with Gasteiger partial charge in [-0.1, -0.05) is 17.2 Å². The maximum atomic E-state index is 12.2. The quantitative estimate of drug-likeness (QED) is 0.874. The molecular weight excluding hydrogens is 316 g/mol. The molecule has 4 rings (SSSR count). The summed E-state index contributed by atoms with van der Waals surface area (Å²) in [5.41, 5.74) is 1.90. The zero-order chi connectivity index (χ0) is 16.0. The van der Waals surface area contributed by atoms with Crippen molar-refractivity contribution < 1.29 is 8.42 Å². The summed E-state index contributed by atoms with van der Waals surface area (Å²) < 4.78 is 28.6. The zero-order valence-corrected chi connectivity index (χ0v) is 13.6. The van der Waals surface area contributed by atoms with Crippen molar-refractivity contribution in [2.75, 3.05) is 18.5 Å². The molecule has 0 spiro atoms. The van der Waals surface area contributed by atoms with E-state index in [0.717, 1.165) is 29.9 Å². The summed E-state index contributed by atoms with van der Waals surface area (Å²) in [6.45, 7) is 1.33. The summed E-state index contributed by atoms with van der Waals surface area (Å²) in [5, 5.41) is 12.0. The minimum atomic E-state index is -3.44. The Morgan fingerprint density at radius 3 is 2.87 bits per heavy atom. The van der Waals surface area contributed by atoms with Crippen molar-refractivity contribution in [3.05, 3.63) is 29.3 Å². The lowest BCUT2D eigenvalue weighted by molar-refractivity contribution is 0.578. The maximum Gasteiger partial charge on any atom is 0.246 e. The molecule has 1 aromatic carbocycles. The van der Waals surface area contributed by atoms with Gasteiger partial charge in [0, 0.05) is 13.1 Å². The molecule has 9 heteroatoms. The molecule has 122 valence electrons. The molecule has 1 aliphatic heterocycles. The molecule has 23 heavy (non-hydrogen) atoms. The molecule has 0 saturated heterocycles. The molecular formula is C14H18N6O2S. The third-order valence-electron chi connectivity index (χ3n) is 4.43. The van der Waals surface area contributed by atoms with Crippen LogP contribution >= 0.6 is 0 Å². The van der Waals surface area contributed by atoms with E-state index in [1.165, 1.54) is 7.05 Å².